The minimum atomic E-state index is -0.463. The van der Waals surface area contributed by atoms with Crippen molar-refractivity contribution in [2.24, 2.45) is 5.41 Å². The number of aryl methyl sites for hydroxylation is 2. The Morgan fingerprint density at radius 2 is 1.96 bits per heavy atom. The summed E-state index contributed by atoms with van der Waals surface area (Å²) in [5.41, 5.74) is 1.86. The molecule has 0 spiro atoms. The molecule has 1 saturated heterocycles. The molecule has 138 valence electrons. The van der Waals surface area contributed by atoms with E-state index in [9.17, 15) is 4.79 Å². The summed E-state index contributed by atoms with van der Waals surface area (Å²) in [6.45, 7) is 10.5. The predicted octanol–water partition coefficient (Wildman–Crippen LogP) is 3.99. The summed E-state index contributed by atoms with van der Waals surface area (Å²) in [7, 11) is 0. The fraction of sp³-hybridized carbons (Fsp3) is 0.600. The summed E-state index contributed by atoms with van der Waals surface area (Å²) in [4.78, 5) is 14.6. The summed E-state index contributed by atoms with van der Waals surface area (Å²) in [5.74, 6) is 0.925. The first-order valence-electron chi connectivity index (χ1n) is 9.10. The Kier molecular flexibility index (Phi) is 6.82. The molecule has 1 N–H and O–H groups in total. The smallest absolute Gasteiger partial charge is 0.231 e. The molecule has 1 aliphatic heterocycles. The van der Waals surface area contributed by atoms with Gasteiger partial charge in [-0.15, -0.1) is 0 Å². The second kappa shape index (κ2) is 8.65. The highest BCUT2D eigenvalue weighted by atomic mass is 32.1. The van der Waals surface area contributed by atoms with Crippen LogP contribution in [0.2, 0.25) is 0 Å². The molecule has 0 aliphatic carbocycles. The fourth-order valence-corrected chi connectivity index (χ4v) is 3.21. The molecule has 1 aliphatic rings. The zero-order chi connectivity index (χ0) is 18.4. The molecule has 2 rings (SSSR count). The Labute approximate surface area is 156 Å². The fourth-order valence-electron chi connectivity index (χ4n) is 2.94. The minimum absolute atomic E-state index is 0.00358. The van der Waals surface area contributed by atoms with Gasteiger partial charge in [-0.3, -0.25) is 4.79 Å². The first-order valence-corrected chi connectivity index (χ1v) is 9.51. The van der Waals surface area contributed by atoms with Crippen molar-refractivity contribution < 1.29 is 9.53 Å². The molecule has 0 radical (unpaired) electrons. The molecule has 25 heavy (non-hydrogen) atoms. The highest BCUT2D eigenvalue weighted by molar-refractivity contribution is 7.80. The largest absolute Gasteiger partial charge is 0.493 e. The summed E-state index contributed by atoms with van der Waals surface area (Å²) >= 11 is 5.35. The lowest BCUT2D eigenvalue weighted by Gasteiger charge is -2.26. The van der Waals surface area contributed by atoms with Gasteiger partial charge in [0.15, 0.2) is 5.11 Å². The van der Waals surface area contributed by atoms with Crippen molar-refractivity contribution in [2.75, 3.05) is 19.7 Å². The first kappa shape index (κ1) is 19.7. The lowest BCUT2D eigenvalue weighted by Crippen LogP contribution is -2.46. The average Bonchev–Trinajstić information content (AvgIpc) is 3.09. The van der Waals surface area contributed by atoms with E-state index in [2.05, 4.69) is 35.3 Å². The zero-order valence-electron chi connectivity index (χ0n) is 15.9. The predicted molar refractivity (Wildman–Crippen MR) is 106 cm³/mol. The number of rotatable bonds is 6. The number of benzene rings is 1. The van der Waals surface area contributed by atoms with Crippen LogP contribution in [0.1, 0.15) is 50.7 Å². The van der Waals surface area contributed by atoms with Crippen LogP contribution in [0.25, 0.3) is 0 Å². The van der Waals surface area contributed by atoms with E-state index in [1.165, 1.54) is 5.56 Å². The third kappa shape index (κ3) is 5.70. The van der Waals surface area contributed by atoms with Gasteiger partial charge in [-0.2, -0.15) is 0 Å². The lowest BCUT2D eigenvalue weighted by atomic mass is 9.87. The van der Waals surface area contributed by atoms with Crippen LogP contribution in [0, 0.1) is 19.3 Å². The Bertz CT molecular complexity index is 622. The number of hydrogen-bond donors (Lipinski definition) is 1. The molecule has 4 nitrogen and oxygen atoms in total. The molecular formula is C20H30N2O2S. The molecule has 0 atom stereocenters. The molecule has 1 aromatic carbocycles. The zero-order valence-corrected chi connectivity index (χ0v) is 16.7. The number of carbonyl (C=O) groups excluding carboxylic acids is 1. The summed E-state index contributed by atoms with van der Waals surface area (Å²) in [6.07, 6.45) is 3.88. The van der Waals surface area contributed by atoms with Crippen LogP contribution in [-0.4, -0.2) is 35.6 Å². The molecule has 5 heteroatoms. The van der Waals surface area contributed by atoms with Crippen molar-refractivity contribution in [3.8, 4) is 5.75 Å². The lowest BCUT2D eigenvalue weighted by molar-refractivity contribution is -0.128. The minimum Gasteiger partial charge on any atom is -0.493 e. The number of carbonyl (C=O) groups is 1. The second-order valence-corrected chi connectivity index (χ2v) is 7.94. The number of ether oxygens (including phenoxy) is 1. The number of amides is 1. The van der Waals surface area contributed by atoms with Crippen molar-refractivity contribution in [2.45, 2.75) is 53.4 Å². The van der Waals surface area contributed by atoms with Crippen LogP contribution >= 0.6 is 12.2 Å². The van der Waals surface area contributed by atoms with Gasteiger partial charge in [-0.05, 0) is 68.9 Å². The van der Waals surface area contributed by atoms with Gasteiger partial charge in [-0.25, -0.2) is 0 Å². The molecule has 0 aromatic heterocycles. The van der Waals surface area contributed by atoms with Crippen LogP contribution in [0.3, 0.4) is 0 Å². The molecule has 1 amide bonds. The molecule has 0 unspecified atom stereocenters. The van der Waals surface area contributed by atoms with Crippen molar-refractivity contribution >= 4 is 23.2 Å². The third-order valence-corrected chi connectivity index (χ3v) is 5.14. The van der Waals surface area contributed by atoms with Crippen molar-refractivity contribution in [1.29, 1.82) is 0 Å². The monoisotopic (exact) mass is 362 g/mol. The summed E-state index contributed by atoms with van der Waals surface area (Å²) in [5, 5.41) is 3.49. The van der Waals surface area contributed by atoms with E-state index in [1.54, 1.807) is 0 Å². The van der Waals surface area contributed by atoms with E-state index >= 15 is 0 Å². The van der Waals surface area contributed by atoms with Crippen molar-refractivity contribution in [1.82, 2.24) is 10.2 Å². The maximum Gasteiger partial charge on any atom is 0.231 e. The number of likely N-dealkylation sites (tertiary alicyclic amines) is 1. The first-order chi connectivity index (χ1) is 11.8. The van der Waals surface area contributed by atoms with Gasteiger partial charge in [0, 0.05) is 18.5 Å². The number of thiocarbonyl (C=S) groups is 1. The molecular weight excluding hydrogens is 332 g/mol. The van der Waals surface area contributed by atoms with E-state index in [1.807, 2.05) is 20.8 Å². The molecule has 0 saturated carbocycles. The number of nitrogens with one attached hydrogen (secondary N) is 1. The maximum atomic E-state index is 12.5. The topological polar surface area (TPSA) is 41.6 Å². The van der Waals surface area contributed by atoms with Crippen LogP contribution in [0.4, 0.5) is 0 Å². The third-order valence-electron chi connectivity index (χ3n) is 4.78. The van der Waals surface area contributed by atoms with E-state index in [4.69, 9.17) is 17.0 Å². The van der Waals surface area contributed by atoms with Gasteiger partial charge >= 0.3 is 0 Å². The van der Waals surface area contributed by atoms with Gasteiger partial charge in [0.2, 0.25) is 5.91 Å². The van der Waals surface area contributed by atoms with Crippen molar-refractivity contribution in [3.63, 3.8) is 0 Å². The summed E-state index contributed by atoms with van der Waals surface area (Å²) < 4.78 is 5.89. The molecule has 0 bridgehead atoms. The van der Waals surface area contributed by atoms with Gasteiger partial charge in [0.1, 0.15) is 5.75 Å². The van der Waals surface area contributed by atoms with E-state index < -0.39 is 5.41 Å². The number of nitrogens with zero attached hydrogens (tertiary/aromatic N) is 1. The Balaban J connectivity index is 1.77. The van der Waals surface area contributed by atoms with E-state index in [0.29, 0.717) is 11.7 Å². The highest BCUT2D eigenvalue weighted by Crippen LogP contribution is 2.24. The molecule has 1 aromatic rings. The van der Waals surface area contributed by atoms with Gasteiger partial charge in [-0.1, -0.05) is 26.0 Å². The Hall–Kier alpha value is -1.62. The molecule has 1 heterocycles. The molecule has 1 fully saturated rings. The van der Waals surface area contributed by atoms with Crippen LogP contribution in [0.5, 0.6) is 5.75 Å². The van der Waals surface area contributed by atoms with Crippen LogP contribution in [0.15, 0.2) is 18.2 Å². The highest BCUT2D eigenvalue weighted by Gasteiger charge is 2.29. The van der Waals surface area contributed by atoms with Crippen molar-refractivity contribution in [3.05, 3.63) is 29.3 Å². The number of hydrogen-bond acceptors (Lipinski definition) is 3. The Morgan fingerprint density at radius 1 is 1.28 bits per heavy atom. The van der Waals surface area contributed by atoms with Gasteiger partial charge < -0.3 is 15.0 Å². The van der Waals surface area contributed by atoms with Gasteiger partial charge in [0.05, 0.1) is 6.61 Å². The average molecular weight is 363 g/mol. The maximum absolute atomic E-state index is 12.5. The van der Waals surface area contributed by atoms with Crippen LogP contribution in [-0.2, 0) is 4.79 Å². The normalized spacial score (nSPS) is 14.5. The van der Waals surface area contributed by atoms with E-state index in [0.717, 1.165) is 50.1 Å². The second-order valence-electron chi connectivity index (χ2n) is 7.56. The quantitative estimate of drug-likeness (QED) is 0.614. The standard InChI is InChI=1S/C20H30N2O2S/c1-15-8-9-16(2)17(14-15)24-13-7-10-20(3,4)18(23)21-19(25)22-11-5-6-12-22/h8-9,14H,5-7,10-13H2,1-4H3,(H,21,23,25). The SMILES string of the molecule is Cc1ccc(C)c(OCCCC(C)(C)C(=O)NC(=S)N2CCCC2)c1. The van der Waals surface area contributed by atoms with E-state index in [-0.39, 0.29) is 5.91 Å². The summed E-state index contributed by atoms with van der Waals surface area (Å²) in [6, 6.07) is 6.21. The van der Waals surface area contributed by atoms with Gasteiger partial charge in [0.25, 0.3) is 0 Å². The Morgan fingerprint density at radius 3 is 2.64 bits per heavy atom. The van der Waals surface area contributed by atoms with Crippen LogP contribution < -0.4 is 10.1 Å².